The third kappa shape index (κ3) is 2.83. The van der Waals surface area contributed by atoms with Gasteiger partial charge in [0.25, 0.3) is 0 Å². The van der Waals surface area contributed by atoms with Crippen molar-refractivity contribution in [1.29, 1.82) is 0 Å². The number of pyridine rings is 1. The minimum absolute atomic E-state index is 0.0317. The van der Waals surface area contributed by atoms with Gasteiger partial charge in [0.05, 0.1) is 7.11 Å². The highest BCUT2D eigenvalue weighted by molar-refractivity contribution is 6.29. The van der Waals surface area contributed by atoms with E-state index in [9.17, 15) is 4.39 Å². The van der Waals surface area contributed by atoms with Crippen LogP contribution in [0.25, 0.3) is 11.1 Å². The van der Waals surface area contributed by atoms with E-state index in [1.807, 2.05) is 6.92 Å². The van der Waals surface area contributed by atoms with Gasteiger partial charge in [0.15, 0.2) is 11.0 Å². The Morgan fingerprint density at radius 2 is 1.80 bits per heavy atom. The molecule has 0 N–H and O–H groups in total. The van der Waals surface area contributed by atoms with Gasteiger partial charge in [0.2, 0.25) is 0 Å². The van der Waals surface area contributed by atoms with E-state index in [0.29, 0.717) is 11.3 Å². The van der Waals surface area contributed by atoms with Gasteiger partial charge in [-0.05, 0) is 53.4 Å². The molecule has 0 unspecified atom stereocenters. The van der Waals surface area contributed by atoms with Crippen molar-refractivity contribution < 1.29 is 9.13 Å². The monoisotopic (exact) mass is 361 g/mol. The highest BCUT2D eigenvalue weighted by Gasteiger charge is 2.41. The summed E-state index contributed by atoms with van der Waals surface area (Å²) >= 11 is 5.98. The lowest BCUT2D eigenvalue weighted by Crippen LogP contribution is -2.34. The van der Waals surface area contributed by atoms with Crippen molar-refractivity contribution in [3.05, 3.63) is 46.0 Å². The summed E-state index contributed by atoms with van der Waals surface area (Å²) in [6.07, 6.45) is 3.68. The number of hydrogen-bond donors (Lipinski definition) is 0. The summed E-state index contributed by atoms with van der Waals surface area (Å²) in [5, 5.41) is -0.109. The van der Waals surface area contributed by atoms with Crippen molar-refractivity contribution in [2.75, 3.05) is 7.11 Å². The van der Waals surface area contributed by atoms with Crippen LogP contribution in [-0.2, 0) is 10.8 Å². The number of ether oxygens (including phenoxy) is 1. The number of nitrogens with zero attached hydrogens (tertiary/aromatic N) is 1. The number of halogens is 2. The smallest absolute Gasteiger partial charge is 0.168 e. The Bertz CT molecular complexity index is 842. The minimum Gasteiger partial charge on any atom is -0.496 e. The second-order valence-corrected chi connectivity index (χ2v) is 8.61. The van der Waals surface area contributed by atoms with Crippen LogP contribution in [0.15, 0.2) is 18.3 Å². The van der Waals surface area contributed by atoms with Crippen molar-refractivity contribution >= 4 is 11.6 Å². The molecule has 0 saturated carbocycles. The van der Waals surface area contributed by atoms with Crippen molar-refractivity contribution in [2.45, 2.75) is 58.3 Å². The number of benzene rings is 1. The predicted molar refractivity (Wildman–Crippen MR) is 101 cm³/mol. The van der Waals surface area contributed by atoms with Crippen LogP contribution in [0, 0.1) is 12.7 Å². The standard InChI is InChI=1S/C21H25ClFNO/c1-12-11-14-16(21(4,5)9-8-20(14,2)3)15(18(12)25-6)13-7-10-24-19(22)17(13)23/h7,10-11H,8-9H2,1-6H3. The second kappa shape index (κ2) is 5.98. The van der Waals surface area contributed by atoms with Gasteiger partial charge < -0.3 is 4.74 Å². The van der Waals surface area contributed by atoms with Crippen molar-refractivity contribution in [3.8, 4) is 16.9 Å². The Labute approximate surface area is 154 Å². The normalized spacial score (nSPS) is 17.9. The Hall–Kier alpha value is -1.61. The van der Waals surface area contributed by atoms with Crippen LogP contribution in [0.3, 0.4) is 0 Å². The van der Waals surface area contributed by atoms with Crippen molar-refractivity contribution in [2.24, 2.45) is 0 Å². The second-order valence-electron chi connectivity index (χ2n) is 8.26. The highest BCUT2D eigenvalue weighted by Crippen LogP contribution is 2.53. The molecule has 0 aliphatic heterocycles. The average molecular weight is 362 g/mol. The van der Waals surface area contributed by atoms with E-state index in [-0.39, 0.29) is 16.0 Å². The molecule has 25 heavy (non-hydrogen) atoms. The van der Waals surface area contributed by atoms with E-state index in [1.54, 1.807) is 19.4 Å². The molecular formula is C21H25ClFNO. The molecule has 0 spiro atoms. The first-order chi connectivity index (χ1) is 11.6. The Balaban J connectivity index is 2.49. The fraction of sp³-hybridized carbons (Fsp3) is 0.476. The van der Waals surface area contributed by atoms with Crippen LogP contribution >= 0.6 is 11.6 Å². The largest absolute Gasteiger partial charge is 0.496 e. The molecule has 1 aromatic heterocycles. The van der Waals surface area contributed by atoms with Gasteiger partial charge in [-0.1, -0.05) is 45.4 Å². The number of fused-ring (bicyclic) bond motifs is 1. The third-order valence-corrected chi connectivity index (χ3v) is 5.83. The molecule has 1 aliphatic carbocycles. The molecule has 2 nitrogen and oxygen atoms in total. The maximum atomic E-state index is 14.9. The molecule has 0 fully saturated rings. The van der Waals surface area contributed by atoms with Gasteiger partial charge in [-0.2, -0.15) is 0 Å². The van der Waals surface area contributed by atoms with Gasteiger partial charge in [0, 0.05) is 17.3 Å². The van der Waals surface area contributed by atoms with Gasteiger partial charge in [-0.3, -0.25) is 0 Å². The van der Waals surface area contributed by atoms with Crippen LogP contribution in [0.2, 0.25) is 5.15 Å². The first-order valence-electron chi connectivity index (χ1n) is 8.63. The molecule has 4 heteroatoms. The molecular weight excluding hydrogens is 337 g/mol. The van der Waals surface area contributed by atoms with Gasteiger partial charge in [-0.25, -0.2) is 9.37 Å². The molecule has 134 valence electrons. The summed E-state index contributed by atoms with van der Waals surface area (Å²) in [6.45, 7) is 11.0. The number of hydrogen-bond acceptors (Lipinski definition) is 2. The molecule has 3 rings (SSSR count). The Kier molecular flexibility index (Phi) is 4.35. The van der Waals surface area contributed by atoms with Crippen LogP contribution in [0.4, 0.5) is 4.39 Å². The van der Waals surface area contributed by atoms with Crippen molar-refractivity contribution in [3.63, 3.8) is 0 Å². The molecule has 1 heterocycles. The van der Waals surface area contributed by atoms with Gasteiger partial charge in [-0.15, -0.1) is 0 Å². The summed E-state index contributed by atoms with van der Waals surface area (Å²) < 4.78 is 20.6. The van der Waals surface area contributed by atoms with Gasteiger partial charge >= 0.3 is 0 Å². The average Bonchev–Trinajstić information content (AvgIpc) is 2.53. The summed E-state index contributed by atoms with van der Waals surface area (Å²) in [6, 6.07) is 3.90. The Morgan fingerprint density at radius 3 is 2.44 bits per heavy atom. The van der Waals surface area contributed by atoms with E-state index in [0.717, 1.165) is 29.5 Å². The molecule has 0 atom stereocenters. The van der Waals surface area contributed by atoms with Crippen molar-refractivity contribution in [1.82, 2.24) is 4.98 Å². The summed E-state index contributed by atoms with van der Waals surface area (Å²) in [7, 11) is 1.64. The minimum atomic E-state index is -0.491. The zero-order valence-corrected chi connectivity index (χ0v) is 16.5. The summed E-state index contributed by atoms with van der Waals surface area (Å²) in [4.78, 5) is 3.87. The lowest BCUT2D eigenvalue weighted by molar-refractivity contribution is 0.329. The van der Waals surface area contributed by atoms with Crippen LogP contribution < -0.4 is 4.74 Å². The molecule has 0 radical (unpaired) electrons. The topological polar surface area (TPSA) is 22.1 Å². The highest BCUT2D eigenvalue weighted by atomic mass is 35.5. The lowest BCUT2D eigenvalue weighted by atomic mass is 9.61. The first kappa shape index (κ1) is 18.2. The van der Waals surface area contributed by atoms with E-state index in [2.05, 4.69) is 38.7 Å². The molecule has 0 amide bonds. The Morgan fingerprint density at radius 1 is 1.16 bits per heavy atom. The maximum absolute atomic E-state index is 14.9. The van der Waals surface area contributed by atoms with Crippen LogP contribution in [0.1, 0.15) is 57.2 Å². The quantitative estimate of drug-likeness (QED) is 0.593. The SMILES string of the molecule is COc1c(C)cc2c(c1-c1ccnc(Cl)c1F)C(C)(C)CCC2(C)C. The zero-order valence-electron chi connectivity index (χ0n) is 15.8. The van der Waals surface area contributed by atoms with E-state index in [1.165, 1.54) is 5.56 Å². The third-order valence-electron chi connectivity index (χ3n) is 5.57. The zero-order chi connectivity index (χ0) is 18.6. The van der Waals surface area contributed by atoms with E-state index < -0.39 is 5.82 Å². The summed E-state index contributed by atoms with van der Waals surface area (Å²) in [5.74, 6) is 0.222. The van der Waals surface area contributed by atoms with E-state index in [4.69, 9.17) is 16.3 Å². The molecule has 1 aromatic carbocycles. The van der Waals surface area contributed by atoms with Crippen LogP contribution in [-0.4, -0.2) is 12.1 Å². The fourth-order valence-electron chi connectivity index (χ4n) is 4.05. The van der Waals surface area contributed by atoms with Gasteiger partial charge in [0.1, 0.15) is 5.75 Å². The first-order valence-corrected chi connectivity index (χ1v) is 9.01. The maximum Gasteiger partial charge on any atom is 0.168 e. The number of rotatable bonds is 2. The molecule has 2 aromatic rings. The number of aromatic nitrogens is 1. The predicted octanol–water partition coefficient (Wildman–Crippen LogP) is 6.21. The van der Waals surface area contributed by atoms with Crippen LogP contribution in [0.5, 0.6) is 5.75 Å². The summed E-state index contributed by atoms with van der Waals surface area (Å²) in [5.41, 5.74) is 4.67. The molecule has 0 saturated heterocycles. The number of aryl methyl sites for hydroxylation is 1. The van der Waals surface area contributed by atoms with E-state index >= 15 is 0 Å². The molecule has 0 bridgehead atoms. The lowest BCUT2D eigenvalue weighted by Gasteiger charge is -2.44. The number of methoxy groups -OCH3 is 1. The fourth-order valence-corrected chi connectivity index (χ4v) is 4.21. The molecule has 1 aliphatic rings.